The van der Waals surface area contributed by atoms with Gasteiger partial charge in [0.15, 0.2) is 0 Å². The maximum absolute atomic E-state index is 11.1. The summed E-state index contributed by atoms with van der Waals surface area (Å²) in [5.74, 6) is 0. The molecule has 1 heterocycles. The van der Waals surface area contributed by atoms with Crippen LogP contribution in [0.3, 0.4) is 0 Å². The van der Waals surface area contributed by atoms with Crippen LogP contribution in [0.15, 0.2) is 72.2 Å². The summed E-state index contributed by atoms with van der Waals surface area (Å²) >= 11 is 0. The van der Waals surface area contributed by atoms with E-state index in [0.717, 1.165) is 16.8 Å². The molecule has 0 aromatic heterocycles. The quantitative estimate of drug-likeness (QED) is 0.828. The zero-order valence-corrected chi connectivity index (χ0v) is 10.6. The van der Waals surface area contributed by atoms with E-state index in [1.807, 2.05) is 54.6 Å². The van der Waals surface area contributed by atoms with Crippen LogP contribution in [0.25, 0.3) is 0 Å². The lowest BCUT2D eigenvalue weighted by molar-refractivity contribution is 0.119. The number of nitrogens with zero attached hydrogens (tertiary/aromatic N) is 1. The van der Waals surface area contributed by atoms with Gasteiger partial charge in [-0.05, 0) is 11.6 Å². The van der Waals surface area contributed by atoms with E-state index in [-0.39, 0.29) is 0 Å². The summed E-state index contributed by atoms with van der Waals surface area (Å²) < 4.78 is 0. The van der Waals surface area contributed by atoms with Crippen molar-refractivity contribution in [3.05, 3.63) is 78.4 Å². The van der Waals surface area contributed by atoms with Crippen LogP contribution >= 0.6 is 0 Å². The number of benzene rings is 2. The largest absolute Gasteiger partial charge is 0.378 e. The average Bonchev–Trinajstić information content (AvgIpc) is 2.74. The molecule has 0 saturated heterocycles. The molecular weight excluding hydrogens is 234 g/mol. The Morgan fingerprint density at radius 1 is 1.05 bits per heavy atom. The van der Waals surface area contributed by atoms with Crippen molar-refractivity contribution >= 4 is 11.4 Å². The molecule has 1 atom stereocenters. The predicted octanol–water partition coefficient (Wildman–Crippen LogP) is 3.58. The Morgan fingerprint density at radius 2 is 1.74 bits per heavy atom. The number of fused-ring (bicyclic) bond motifs is 1. The van der Waals surface area contributed by atoms with Gasteiger partial charge in [0.1, 0.15) is 5.60 Å². The maximum Gasteiger partial charge on any atom is 0.137 e. The highest BCUT2D eigenvalue weighted by atomic mass is 16.3. The SMILES string of the molecule is C=CCC1(O)C(c2ccccc2)=Nc2ccccc21. The monoisotopic (exact) mass is 249 g/mol. The first-order valence-electron chi connectivity index (χ1n) is 6.33. The summed E-state index contributed by atoms with van der Waals surface area (Å²) in [4.78, 5) is 4.61. The highest BCUT2D eigenvalue weighted by Crippen LogP contribution is 2.42. The van der Waals surface area contributed by atoms with E-state index in [4.69, 9.17) is 0 Å². The third-order valence-electron chi connectivity index (χ3n) is 3.46. The van der Waals surface area contributed by atoms with Crippen LogP contribution in [0.4, 0.5) is 5.69 Å². The van der Waals surface area contributed by atoms with Crippen LogP contribution in [-0.2, 0) is 5.60 Å². The van der Waals surface area contributed by atoms with Crippen LogP contribution in [-0.4, -0.2) is 10.8 Å². The predicted molar refractivity (Wildman–Crippen MR) is 77.8 cm³/mol. The highest BCUT2D eigenvalue weighted by molar-refractivity contribution is 6.11. The summed E-state index contributed by atoms with van der Waals surface area (Å²) in [6.07, 6.45) is 2.19. The molecule has 1 N–H and O–H groups in total. The Labute approximate surface area is 112 Å². The van der Waals surface area contributed by atoms with E-state index < -0.39 is 5.60 Å². The van der Waals surface area contributed by atoms with Gasteiger partial charge < -0.3 is 5.11 Å². The minimum Gasteiger partial charge on any atom is -0.378 e. The van der Waals surface area contributed by atoms with Gasteiger partial charge in [-0.2, -0.15) is 0 Å². The van der Waals surface area contributed by atoms with E-state index in [2.05, 4.69) is 11.6 Å². The lowest BCUT2D eigenvalue weighted by Gasteiger charge is -2.25. The number of hydrogen-bond acceptors (Lipinski definition) is 2. The number of aliphatic hydroxyl groups is 1. The summed E-state index contributed by atoms with van der Waals surface area (Å²) in [5.41, 5.74) is 2.27. The molecule has 2 aromatic rings. The van der Waals surface area contributed by atoms with E-state index in [1.165, 1.54) is 0 Å². The van der Waals surface area contributed by atoms with Crippen LogP contribution in [0.2, 0.25) is 0 Å². The van der Waals surface area contributed by atoms with Crippen molar-refractivity contribution in [3.8, 4) is 0 Å². The molecule has 0 amide bonds. The fourth-order valence-corrected chi connectivity index (χ4v) is 2.58. The van der Waals surface area contributed by atoms with Gasteiger partial charge in [0.2, 0.25) is 0 Å². The molecule has 1 unspecified atom stereocenters. The molecule has 0 fully saturated rings. The van der Waals surface area contributed by atoms with Gasteiger partial charge in [-0.1, -0.05) is 54.6 Å². The molecule has 0 saturated carbocycles. The van der Waals surface area contributed by atoms with Gasteiger partial charge in [0.25, 0.3) is 0 Å². The molecule has 2 heteroatoms. The first-order chi connectivity index (χ1) is 9.25. The van der Waals surface area contributed by atoms with Crippen LogP contribution in [0, 0.1) is 0 Å². The Bertz CT molecular complexity index is 645. The number of para-hydroxylation sites is 1. The number of rotatable bonds is 3. The fraction of sp³-hybridized carbons (Fsp3) is 0.118. The van der Waals surface area contributed by atoms with Crippen molar-refractivity contribution in [3.63, 3.8) is 0 Å². The molecule has 2 nitrogen and oxygen atoms in total. The normalized spacial score (nSPS) is 20.8. The van der Waals surface area contributed by atoms with E-state index in [1.54, 1.807) is 6.08 Å². The van der Waals surface area contributed by atoms with Crippen molar-refractivity contribution in [1.29, 1.82) is 0 Å². The molecule has 0 spiro atoms. The minimum absolute atomic E-state index is 0.456. The second kappa shape index (κ2) is 4.48. The Balaban J connectivity index is 2.18. The van der Waals surface area contributed by atoms with Crippen molar-refractivity contribution in [2.75, 3.05) is 0 Å². The van der Waals surface area contributed by atoms with Gasteiger partial charge in [-0.3, -0.25) is 0 Å². The molecule has 0 aliphatic carbocycles. The molecule has 19 heavy (non-hydrogen) atoms. The zero-order valence-electron chi connectivity index (χ0n) is 10.6. The summed E-state index contributed by atoms with van der Waals surface area (Å²) in [7, 11) is 0. The lowest BCUT2D eigenvalue weighted by atomic mass is 9.84. The van der Waals surface area contributed by atoms with E-state index >= 15 is 0 Å². The van der Waals surface area contributed by atoms with Gasteiger partial charge in [-0.15, -0.1) is 6.58 Å². The maximum atomic E-state index is 11.1. The van der Waals surface area contributed by atoms with E-state index in [9.17, 15) is 5.11 Å². The molecule has 3 rings (SSSR count). The topological polar surface area (TPSA) is 32.6 Å². The van der Waals surface area contributed by atoms with Crippen molar-refractivity contribution in [1.82, 2.24) is 0 Å². The summed E-state index contributed by atoms with van der Waals surface area (Å²) in [5, 5.41) is 11.1. The van der Waals surface area contributed by atoms with Gasteiger partial charge in [-0.25, -0.2) is 4.99 Å². The standard InChI is InChI=1S/C17H15NO/c1-2-12-17(19)14-10-6-7-11-15(14)18-16(17)13-8-4-3-5-9-13/h2-11,19H,1,12H2. The molecule has 2 aromatic carbocycles. The number of aliphatic imine (C=N–C) groups is 1. The first kappa shape index (κ1) is 11.9. The van der Waals surface area contributed by atoms with Gasteiger partial charge in [0.05, 0.1) is 11.4 Å². The molecule has 94 valence electrons. The van der Waals surface area contributed by atoms with E-state index in [0.29, 0.717) is 12.1 Å². The van der Waals surface area contributed by atoms with Crippen LogP contribution in [0.5, 0.6) is 0 Å². The van der Waals surface area contributed by atoms with Gasteiger partial charge in [0, 0.05) is 12.0 Å². The van der Waals surface area contributed by atoms with Crippen molar-refractivity contribution < 1.29 is 5.11 Å². The molecule has 0 radical (unpaired) electrons. The summed E-state index contributed by atoms with van der Waals surface area (Å²) in [6.45, 7) is 3.76. The molecular formula is C17H15NO. The highest BCUT2D eigenvalue weighted by Gasteiger charge is 2.40. The Kier molecular flexibility index (Phi) is 2.80. The fourth-order valence-electron chi connectivity index (χ4n) is 2.58. The molecule has 1 aliphatic heterocycles. The Morgan fingerprint density at radius 3 is 2.47 bits per heavy atom. The second-order valence-corrected chi connectivity index (χ2v) is 4.70. The summed E-state index contributed by atoms with van der Waals surface area (Å²) in [6, 6.07) is 17.5. The van der Waals surface area contributed by atoms with Crippen LogP contribution < -0.4 is 0 Å². The average molecular weight is 249 g/mol. The van der Waals surface area contributed by atoms with Gasteiger partial charge >= 0.3 is 0 Å². The van der Waals surface area contributed by atoms with Crippen LogP contribution in [0.1, 0.15) is 17.5 Å². The molecule has 0 bridgehead atoms. The smallest absolute Gasteiger partial charge is 0.137 e. The molecule has 1 aliphatic rings. The lowest BCUT2D eigenvalue weighted by Crippen LogP contribution is -2.32. The third kappa shape index (κ3) is 1.81. The third-order valence-corrected chi connectivity index (χ3v) is 3.46. The Hall–Kier alpha value is -2.19. The van der Waals surface area contributed by atoms with Crippen molar-refractivity contribution in [2.24, 2.45) is 4.99 Å². The first-order valence-corrected chi connectivity index (χ1v) is 6.33. The zero-order chi connectivity index (χ0) is 13.3. The van der Waals surface area contributed by atoms with Crippen molar-refractivity contribution in [2.45, 2.75) is 12.0 Å². The number of hydrogen-bond donors (Lipinski definition) is 1. The second-order valence-electron chi connectivity index (χ2n) is 4.70. The minimum atomic E-state index is -1.07.